The maximum Gasteiger partial charge on any atom is 0.191 e. The van der Waals surface area contributed by atoms with E-state index in [1.54, 1.807) is 0 Å². The van der Waals surface area contributed by atoms with E-state index in [1.165, 1.54) is 24.0 Å². The van der Waals surface area contributed by atoms with Crippen LogP contribution in [0.3, 0.4) is 0 Å². The first-order valence-electron chi connectivity index (χ1n) is 9.65. The number of nitrogens with one attached hydrogen (secondary N) is 2. The number of nitrogens with zero attached hydrogens (tertiary/aromatic N) is 3. The van der Waals surface area contributed by atoms with E-state index in [0.29, 0.717) is 5.92 Å². The molecule has 0 atom stereocenters. The summed E-state index contributed by atoms with van der Waals surface area (Å²) in [6, 6.07) is 10.3. The Labute approximate surface area is 167 Å². The summed E-state index contributed by atoms with van der Waals surface area (Å²) in [5.41, 5.74) is 2.48. The molecular formula is C21H30ClN5. The molecule has 3 rings (SSSR count). The molecule has 0 radical (unpaired) electrons. The van der Waals surface area contributed by atoms with E-state index >= 15 is 0 Å². The molecule has 2 heterocycles. The third kappa shape index (κ3) is 6.01. The predicted molar refractivity (Wildman–Crippen MR) is 113 cm³/mol. The average Bonchev–Trinajstić information content (AvgIpc) is 3.10. The van der Waals surface area contributed by atoms with Crippen molar-refractivity contribution in [3.63, 3.8) is 0 Å². The normalized spacial score (nSPS) is 16.5. The van der Waals surface area contributed by atoms with E-state index < -0.39 is 0 Å². The number of hydrogen-bond donors (Lipinski definition) is 2. The van der Waals surface area contributed by atoms with Crippen LogP contribution in [0.5, 0.6) is 0 Å². The minimum Gasteiger partial charge on any atom is -0.357 e. The molecule has 0 aliphatic carbocycles. The van der Waals surface area contributed by atoms with Gasteiger partial charge in [0.25, 0.3) is 0 Å². The molecule has 1 aliphatic heterocycles. The van der Waals surface area contributed by atoms with Gasteiger partial charge in [0.15, 0.2) is 5.96 Å². The van der Waals surface area contributed by atoms with Gasteiger partial charge in [-0.3, -0.25) is 9.89 Å². The quantitative estimate of drug-likeness (QED) is 0.590. The van der Waals surface area contributed by atoms with Gasteiger partial charge in [-0.15, -0.1) is 0 Å². The topological polar surface area (TPSA) is 44.6 Å². The number of benzene rings is 1. The minimum atomic E-state index is 0.683. The number of rotatable bonds is 6. The summed E-state index contributed by atoms with van der Waals surface area (Å²) in [6.45, 7) is 4.94. The van der Waals surface area contributed by atoms with E-state index in [9.17, 15) is 0 Å². The lowest BCUT2D eigenvalue weighted by molar-refractivity contribution is 0.178. The van der Waals surface area contributed by atoms with E-state index in [-0.39, 0.29) is 0 Å². The lowest BCUT2D eigenvalue weighted by Gasteiger charge is -2.32. The summed E-state index contributed by atoms with van der Waals surface area (Å²) in [5.74, 6) is 1.56. The minimum absolute atomic E-state index is 0.683. The van der Waals surface area contributed by atoms with Gasteiger partial charge in [0.2, 0.25) is 0 Å². The highest BCUT2D eigenvalue weighted by Crippen LogP contribution is 2.21. The molecule has 146 valence electrons. The van der Waals surface area contributed by atoms with Gasteiger partial charge in [-0.25, -0.2) is 0 Å². The van der Waals surface area contributed by atoms with E-state index in [4.69, 9.17) is 11.6 Å². The number of hydrogen-bond acceptors (Lipinski definition) is 2. The fraction of sp³-hybridized carbons (Fsp3) is 0.476. The van der Waals surface area contributed by atoms with Gasteiger partial charge in [-0.2, -0.15) is 0 Å². The van der Waals surface area contributed by atoms with Crippen molar-refractivity contribution in [2.24, 2.45) is 18.0 Å². The Bertz CT molecular complexity index is 747. The summed E-state index contributed by atoms with van der Waals surface area (Å²) >= 11 is 6.29. The smallest absolute Gasteiger partial charge is 0.191 e. The number of aromatic nitrogens is 1. The lowest BCUT2D eigenvalue weighted by atomic mass is 9.96. The van der Waals surface area contributed by atoms with Crippen molar-refractivity contribution in [1.29, 1.82) is 0 Å². The second kappa shape index (κ2) is 9.81. The molecule has 1 aromatic heterocycles. The SMILES string of the molecule is CN=C(NCc1ccn(C)c1)NCC1CCN(Cc2ccccc2Cl)CC1. The molecule has 0 amide bonds. The standard InChI is InChI=1S/C21H30ClN5/c1-23-21(25-14-18-7-10-26(2)15-18)24-13-17-8-11-27(12-9-17)16-19-5-3-4-6-20(19)22/h3-7,10,15,17H,8-9,11-14,16H2,1-2H3,(H2,23,24,25). The first kappa shape index (κ1) is 19.8. The molecule has 27 heavy (non-hydrogen) atoms. The van der Waals surface area contributed by atoms with Crippen molar-refractivity contribution in [1.82, 2.24) is 20.1 Å². The molecule has 5 nitrogen and oxygen atoms in total. The van der Waals surface area contributed by atoms with Crippen molar-refractivity contribution in [2.45, 2.75) is 25.9 Å². The van der Waals surface area contributed by atoms with Crippen LogP contribution < -0.4 is 10.6 Å². The zero-order valence-electron chi connectivity index (χ0n) is 16.3. The molecule has 6 heteroatoms. The van der Waals surface area contributed by atoms with Crippen molar-refractivity contribution < 1.29 is 0 Å². The summed E-state index contributed by atoms with van der Waals surface area (Å²) < 4.78 is 2.06. The average molecular weight is 388 g/mol. The van der Waals surface area contributed by atoms with Gasteiger partial charge >= 0.3 is 0 Å². The molecule has 0 bridgehead atoms. The second-order valence-electron chi connectivity index (χ2n) is 7.30. The summed E-state index contributed by atoms with van der Waals surface area (Å²) in [6.07, 6.45) is 6.58. The monoisotopic (exact) mass is 387 g/mol. The number of guanidine groups is 1. The zero-order chi connectivity index (χ0) is 19.1. The molecular weight excluding hydrogens is 358 g/mol. The van der Waals surface area contributed by atoms with E-state index in [2.05, 4.69) is 55.7 Å². The highest BCUT2D eigenvalue weighted by molar-refractivity contribution is 6.31. The maximum atomic E-state index is 6.29. The molecule has 1 fully saturated rings. The third-order valence-corrected chi connectivity index (χ3v) is 5.56. The number of aliphatic imine (C=N–C) groups is 1. The van der Waals surface area contributed by atoms with Crippen LogP contribution in [0.4, 0.5) is 0 Å². The van der Waals surface area contributed by atoms with Crippen LogP contribution in [0, 0.1) is 5.92 Å². The summed E-state index contributed by atoms with van der Waals surface area (Å²) in [4.78, 5) is 6.84. The second-order valence-corrected chi connectivity index (χ2v) is 7.71. The number of halogens is 1. The highest BCUT2D eigenvalue weighted by Gasteiger charge is 2.20. The van der Waals surface area contributed by atoms with Gasteiger partial charge in [-0.1, -0.05) is 29.8 Å². The van der Waals surface area contributed by atoms with Crippen LogP contribution in [0.2, 0.25) is 5.02 Å². The van der Waals surface area contributed by atoms with Gasteiger partial charge in [0, 0.05) is 51.1 Å². The molecule has 2 aromatic rings. The Morgan fingerprint density at radius 1 is 1.19 bits per heavy atom. The Hall–Kier alpha value is -1.98. The van der Waals surface area contributed by atoms with Crippen LogP contribution in [0.15, 0.2) is 47.7 Å². The van der Waals surface area contributed by atoms with Gasteiger partial charge < -0.3 is 15.2 Å². The fourth-order valence-corrected chi connectivity index (χ4v) is 3.72. The Balaban J connectivity index is 1.37. The molecule has 2 N–H and O–H groups in total. The highest BCUT2D eigenvalue weighted by atomic mass is 35.5. The molecule has 1 aromatic carbocycles. The third-order valence-electron chi connectivity index (χ3n) is 5.19. The lowest BCUT2D eigenvalue weighted by Crippen LogP contribution is -2.42. The van der Waals surface area contributed by atoms with Crippen LogP contribution in [0.25, 0.3) is 0 Å². The number of aryl methyl sites for hydroxylation is 1. The van der Waals surface area contributed by atoms with Crippen LogP contribution in [-0.2, 0) is 20.1 Å². The van der Waals surface area contributed by atoms with Gasteiger partial charge in [0.1, 0.15) is 0 Å². The number of piperidine rings is 1. The number of likely N-dealkylation sites (tertiary alicyclic amines) is 1. The van der Waals surface area contributed by atoms with E-state index in [0.717, 1.165) is 43.7 Å². The van der Waals surface area contributed by atoms with Crippen molar-refractivity contribution in [3.8, 4) is 0 Å². The maximum absolute atomic E-state index is 6.29. The molecule has 0 unspecified atom stereocenters. The molecule has 1 aliphatic rings. The Morgan fingerprint density at radius 2 is 1.96 bits per heavy atom. The summed E-state index contributed by atoms with van der Waals surface area (Å²) in [7, 11) is 3.86. The fourth-order valence-electron chi connectivity index (χ4n) is 3.53. The van der Waals surface area contributed by atoms with Crippen molar-refractivity contribution in [3.05, 3.63) is 58.9 Å². The van der Waals surface area contributed by atoms with Gasteiger partial charge in [-0.05, 0) is 55.1 Å². The first-order valence-corrected chi connectivity index (χ1v) is 10.0. The molecule has 0 saturated carbocycles. The Kier molecular flexibility index (Phi) is 7.18. The van der Waals surface area contributed by atoms with E-state index in [1.807, 2.05) is 26.2 Å². The largest absolute Gasteiger partial charge is 0.357 e. The van der Waals surface area contributed by atoms with Crippen molar-refractivity contribution in [2.75, 3.05) is 26.7 Å². The van der Waals surface area contributed by atoms with Crippen LogP contribution >= 0.6 is 11.6 Å². The van der Waals surface area contributed by atoms with Crippen molar-refractivity contribution >= 4 is 17.6 Å². The first-order chi connectivity index (χ1) is 13.1. The molecule has 1 saturated heterocycles. The molecule has 0 spiro atoms. The predicted octanol–water partition coefficient (Wildman–Crippen LogP) is 3.26. The Morgan fingerprint density at radius 3 is 2.63 bits per heavy atom. The van der Waals surface area contributed by atoms with Crippen LogP contribution in [-0.4, -0.2) is 42.1 Å². The zero-order valence-corrected chi connectivity index (χ0v) is 17.0. The summed E-state index contributed by atoms with van der Waals surface area (Å²) in [5, 5.41) is 7.74. The van der Waals surface area contributed by atoms with Crippen LogP contribution in [0.1, 0.15) is 24.0 Å². The van der Waals surface area contributed by atoms with Gasteiger partial charge in [0.05, 0.1) is 0 Å².